The maximum Gasteiger partial charge on any atom is 0.188 e. The van der Waals surface area contributed by atoms with E-state index in [1.807, 2.05) is 0 Å². The lowest BCUT2D eigenvalue weighted by Crippen LogP contribution is -2.29. The lowest BCUT2D eigenvalue weighted by atomic mass is 9.81. The summed E-state index contributed by atoms with van der Waals surface area (Å²) in [6.07, 6.45) is 6.68. The Morgan fingerprint density at radius 2 is 1.95 bits per heavy atom. The second kappa shape index (κ2) is 6.61. The van der Waals surface area contributed by atoms with E-state index in [1.54, 1.807) is 0 Å². The van der Waals surface area contributed by atoms with E-state index in [-0.39, 0.29) is 0 Å². The van der Waals surface area contributed by atoms with Crippen molar-refractivity contribution in [3.05, 3.63) is 41.7 Å². The Balaban J connectivity index is 1.72. The van der Waals surface area contributed by atoms with Crippen molar-refractivity contribution in [2.24, 2.45) is 5.92 Å². The van der Waals surface area contributed by atoms with Crippen LogP contribution in [0.1, 0.15) is 49.5 Å². The number of rotatable bonds is 5. The van der Waals surface area contributed by atoms with Gasteiger partial charge in [0.2, 0.25) is 0 Å². The number of nitrogens with one attached hydrogen (secondary N) is 2. The first-order valence-corrected chi connectivity index (χ1v) is 7.44. The monoisotopic (exact) mass is 271 g/mol. The summed E-state index contributed by atoms with van der Waals surface area (Å²) in [4.78, 5) is 0. The van der Waals surface area contributed by atoms with Gasteiger partial charge in [0.15, 0.2) is 5.82 Å². The van der Waals surface area contributed by atoms with Crippen LogP contribution in [-0.4, -0.2) is 20.6 Å². The van der Waals surface area contributed by atoms with Crippen molar-refractivity contribution in [3.63, 3.8) is 0 Å². The molecule has 1 aromatic carbocycles. The van der Waals surface area contributed by atoms with E-state index in [0.717, 1.165) is 5.82 Å². The molecule has 106 valence electrons. The molecular weight excluding hydrogens is 250 g/mol. The first-order valence-electron chi connectivity index (χ1n) is 7.44. The summed E-state index contributed by atoms with van der Waals surface area (Å²) in [6.45, 7) is 0.659. The molecule has 1 heterocycles. The summed E-state index contributed by atoms with van der Waals surface area (Å²) in [5.41, 5.74) is 1.36. The van der Waals surface area contributed by atoms with Gasteiger partial charge in [0, 0.05) is 6.04 Å². The smallest absolute Gasteiger partial charge is 0.188 e. The van der Waals surface area contributed by atoms with Crippen LogP contribution in [0.5, 0.6) is 0 Å². The van der Waals surface area contributed by atoms with Gasteiger partial charge in [-0.1, -0.05) is 54.8 Å². The van der Waals surface area contributed by atoms with Gasteiger partial charge in [-0.3, -0.25) is 0 Å². The van der Waals surface area contributed by atoms with Crippen molar-refractivity contribution >= 4 is 0 Å². The third-order valence-corrected chi connectivity index (χ3v) is 4.15. The standard InChI is InChI=1S/C15H21N5/c1-3-7-12(8-4-1)15(13-9-5-2-6-10-13)16-11-14-17-19-20-18-14/h1,3-4,7-8,13,15-16H,2,5-6,9-11H2,(H,17,18,19,20). The average Bonchev–Trinajstić information content (AvgIpc) is 3.03. The highest BCUT2D eigenvalue weighted by Gasteiger charge is 2.24. The molecule has 1 unspecified atom stereocenters. The molecule has 1 atom stereocenters. The molecule has 0 spiro atoms. The summed E-state index contributed by atoms with van der Waals surface area (Å²) >= 11 is 0. The molecule has 0 radical (unpaired) electrons. The number of H-pyrrole nitrogens is 1. The van der Waals surface area contributed by atoms with Crippen LogP contribution in [-0.2, 0) is 6.54 Å². The fraction of sp³-hybridized carbons (Fsp3) is 0.533. The predicted molar refractivity (Wildman–Crippen MR) is 76.8 cm³/mol. The zero-order valence-electron chi connectivity index (χ0n) is 11.6. The van der Waals surface area contributed by atoms with Crippen LogP contribution in [0, 0.1) is 5.92 Å². The Kier molecular flexibility index (Phi) is 4.38. The first kappa shape index (κ1) is 13.2. The zero-order valence-corrected chi connectivity index (χ0v) is 11.6. The Morgan fingerprint density at radius 1 is 1.15 bits per heavy atom. The number of hydrogen-bond donors (Lipinski definition) is 2. The van der Waals surface area contributed by atoms with Crippen LogP contribution in [0.3, 0.4) is 0 Å². The quantitative estimate of drug-likeness (QED) is 0.877. The van der Waals surface area contributed by atoms with Gasteiger partial charge in [-0.15, -0.1) is 10.2 Å². The Labute approximate surface area is 119 Å². The van der Waals surface area contributed by atoms with Crippen molar-refractivity contribution in [1.82, 2.24) is 25.9 Å². The topological polar surface area (TPSA) is 66.5 Å². The fourth-order valence-corrected chi connectivity index (χ4v) is 3.14. The van der Waals surface area contributed by atoms with Crippen LogP contribution in [0.15, 0.2) is 30.3 Å². The summed E-state index contributed by atoms with van der Waals surface area (Å²) in [7, 11) is 0. The van der Waals surface area contributed by atoms with Crippen LogP contribution >= 0.6 is 0 Å². The Bertz CT molecular complexity index is 490. The summed E-state index contributed by atoms with van der Waals surface area (Å²) in [5, 5.41) is 17.8. The maximum absolute atomic E-state index is 4.02. The van der Waals surface area contributed by atoms with Gasteiger partial charge in [0.1, 0.15) is 0 Å². The summed E-state index contributed by atoms with van der Waals surface area (Å²) < 4.78 is 0. The molecule has 2 N–H and O–H groups in total. The number of aromatic nitrogens is 4. The third kappa shape index (κ3) is 3.22. The van der Waals surface area contributed by atoms with Crippen LogP contribution < -0.4 is 5.32 Å². The van der Waals surface area contributed by atoms with Crippen molar-refractivity contribution in [1.29, 1.82) is 0 Å². The highest BCUT2D eigenvalue weighted by Crippen LogP contribution is 2.34. The first-order chi connectivity index (χ1) is 9.93. The van der Waals surface area contributed by atoms with Gasteiger partial charge in [0.05, 0.1) is 6.54 Å². The number of tetrazole rings is 1. The molecule has 5 nitrogen and oxygen atoms in total. The highest BCUT2D eigenvalue weighted by molar-refractivity contribution is 5.20. The number of hydrogen-bond acceptors (Lipinski definition) is 4. The lowest BCUT2D eigenvalue weighted by Gasteiger charge is -2.31. The number of benzene rings is 1. The van der Waals surface area contributed by atoms with E-state index in [1.165, 1.54) is 37.7 Å². The van der Waals surface area contributed by atoms with Gasteiger partial charge in [0.25, 0.3) is 0 Å². The van der Waals surface area contributed by atoms with Gasteiger partial charge in [-0.2, -0.15) is 5.21 Å². The fourth-order valence-electron chi connectivity index (χ4n) is 3.14. The third-order valence-electron chi connectivity index (χ3n) is 4.15. The molecule has 3 rings (SSSR count). The van der Waals surface area contributed by atoms with Gasteiger partial charge < -0.3 is 5.32 Å². The highest BCUT2D eigenvalue weighted by atomic mass is 15.5. The maximum atomic E-state index is 4.02. The normalized spacial score (nSPS) is 18.0. The second-order valence-corrected chi connectivity index (χ2v) is 5.50. The Morgan fingerprint density at radius 3 is 2.65 bits per heavy atom. The molecule has 1 saturated carbocycles. The van der Waals surface area contributed by atoms with Crippen LogP contribution in [0.4, 0.5) is 0 Å². The van der Waals surface area contributed by atoms with E-state index in [2.05, 4.69) is 56.3 Å². The molecule has 0 bridgehead atoms. The average molecular weight is 271 g/mol. The second-order valence-electron chi connectivity index (χ2n) is 5.50. The van der Waals surface area contributed by atoms with Crippen LogP contribution in [0.2, 0.25) is 0 Å². The summed E-state index contributed by atoms with van der Waals surface area (Å²) in [5.74, 6) is 1.43. The molecule has 0 amide bonds. The number of aromatic amines is 1. The SMILES string of the molecule is c1ccc(C(NCc2nn[nH]n2)C2CCCCC2)cc1. The van der Waals surface area contributed by atoms with Crippen molar-refractivity contribution in [2.75, 3.05) is 0 Å². The molecule has 1 aromatic heterocycles. The van der Waals surface area contributed by atoms with E-state index in [9.17, 15) is 0 Å². The molecule has 0 saturated heterocycles. The lowest BCUT2D eigenvalue weighted by molar-refractivity contribution is 0.269. The van der Waals surface area contributed by atoms with E-state index >= 15 is 0 Å². The van der Waals surface area contributed by atoms with E-state index < -0.39 is 0 Å². The Hall–Kier alpha value is -1.75. The summed E-state index contributed by atoms with van der Waals surface area (Å²) in [6, 6.07) is 11.1. The molecule has 1 aliphatic rings. The minimum atomic E-state index is 0.384. The van der Waals surface area contributed by atoms with Gasteiger partial charge in [-0.05, 0) is 24.3 Å². The van der Waals surface area contributed by atoms with E-state index in [4.69, 9.17) is 0 Å². The molecular formula is C15H21N5. The largest absolute Gasteiger partial charge is 0.303 e. The predicted octanol–water partition coefficient (Wildman–Crippen LogP) is 2.61. The van der Waals surface area contributed by atoms with E-state index in [0.29, 0.717) is 18.5 Å². The number of nitrogens with zero attached hydrogens (tertiary/aromatic N) is 3. The van der Waals surface area contributed by atoms with Crippen molar-refractivity contribution in [3.8, 4) is 0 Å². The van der Waals surface area contributed by atoms with Gasteiger partial charge >= 0.3 is 0 Å². The molecule has 1 fully saturated rings. The van der Waals surface area contributed by atoms with Gasteiger partial charge in [-0.25, -0.2) is 0 Å². The molecule has 1 aliphatic carbocycles. The molecule has 5 heteroatoms. The van der Waals surface area contributed by atoms with Crippen molar-refractivity contribution in [2.45, 2.75) is 44.7 Å². The minimum Gasteiger partial charge on any atom is -0.303 e. The molecule has 2 aromatic rings. The minimum absolute atomic E-state index is 0.384. The molecule has 0 aliphatic heterocycles. The van der Waals surface area contributed by atoms with Crippen LogP contribution in [0.25, 0.3) is 0 Å². The zero-order chi connectivity index (χ0) is 13.6. The van der Waals surface area contributed by atoms with Crippen molar-refractivity contribution < 1.29 is 0 Å². The molecule has 20 heavy (non-hydrogen) atoms.